The number of rotatable bonds is 12. The molecule has 6 aromatic rings. The molecule has 22 nitrogen and oxygen atoms in total. The molecule has 0 unspecified atom stereocenters. The molecule has 4 aliphatic heterocycles. The number of ether oxygens (including phenoxy) is 6. The molecular formula is C52H61BrN16O6. The molecule has 0 spiro atoms. The van der Waals surface area contributed by atoms with Crippen molar-refractivity contribution in [3.05, 3.63) is 89.3 Å². The van der Waals surface area contributed by atoms with Crippen LogP contribution in [-0.2, 0) is 9.47 Å². The lowest BCUT2D eigenvalue weighted by Gasteiger charge is -2.34. The van der Waals surface area contributed by atoms with Gasteiger partial charge in [-0.1, -0.05) is 0 Å². The van der Waals surface area contributed by atoms with E-state index >= 15 is 0 Å². The van der Waals surface area contributed by atoms with Crippen molar-refractivity contribution in [1.29, 1.82) is 10.5 Å². The average molecular weight is 1090 g/mol. The molecule has 0 aromatic carbocycles. The Balaban J connectivity index is 0.000000166. The Morgan fingerprint density at radius 2 is 1.05 bits per heavy atom. The average Bonchev–Trinajstić information content (AvgIpc) is 3.45. The lowest BCUT2D eigenvalue weighted by atomic mass is 10.1. The summed E-state index contributed by atoms with van der Waals surface area (Å²) in [5.74, 6) is 3.72. The number of hydrogen-bond acceptors (Lipinski definition) is 22. The Hall–Kier alpha value is -7.54. The topological polar surface area (TPSA) is 257 Å². The minimum Gasteiger partial charge on any atom is -0.487 e. The molecule has 0 aliphatic carbocycles. The Morgan fingerprint density at radius 1 is 0.587 bits per heavy atom. The van der Waals surface area contributed by atoms with Crippen molar-refractivity contribution in [3.8, 4) is 58.2 Å². The van der Waals surface area contributed by atoms with Crippen LogP contribution < -0.4 is 39.8 Å². The van der Waals surface area contributed by atoms with Crippen molar-refractivity contribution in [3.63, 3.8) is 0 Å². The first-order valence-corrected chi connectivity index (χ1v) is 25.5. The molecule has 0 amide bonds. The molecule has 0 bridgehead atoms. The summed E-state index contributed by atoms with van der Waals surface area (Å²) < 4.78 is 34.3. The normalized spacial score (nSPS) is 16.5. The van der Waals surface area contributed by atoms with Crippen LogP contribution in [0.3, 0.4) is 0 Å². The van der Waals surface area contributed by atoms with Crippen LogP contribution in [0.2, 0.25) is 0 Å². The maximum absolute atomic E-state index is 9.69. The van der Waals surface area contributed by atoms with Gasteiger partial charge in [-0.3, -0.25) is 9.97 Å². The summed E-state index contributed by atoms with van der Waals surface area (Å²) >= 11 is 3.35. The van der Waals surface area contributed by atoms with E-state index < -0.39 is 0 Å². The zero-order valence-corrected chi connectivity index (χ0v) is 44.1. The maximum atomic E-state index is 9.69. The van der Waals surface area contributed by atoms with Gasteiger partial charge in [0.25, 0.3) is 0 Å². The smallest absolute Gasteiger partial charge is 0.239 e. The molecule has 75 heavy (non-hydrogen) atoms. The van der Waals surface area contributed by atoms with E-state index in [1.54, 1.807) is 50.9 Å². The molecule has 6 aromatic heterocycles. The number of nitrogens with one attached hydrogen (secondary N) is 1. The zero-order valence-electron chi connectivity index (χ0n) is 42.6. The monoisotopic (exact) mass is 1080 g/mol. The van der Waals surface area contributed by atoms with Crippen molar-refractivity contribution >= 4 is 44.8 Å². The summed E-state index contributed by atoms with van der Waals surface area (Å²) in [6.45, 7) is 10.7. The van der Waals surface area contributed by atoms with E-state index in [-0.39, 0.29) is 12.2 Å². The van der Waals surface area contributed by atoms with E-state index in [4.69, 9.17) is 34.2 Å². The van der Waals surface area contributed by atoms with Crippen LogP contribution in [0.25, 0.3) is 22.8 Å². The molecule has 4 aliphatic rings. The highest BCUT2D eigenvalue weighted by molar-refractivity contribution is 9.10. The molecule has 23 heteroatoms. The number of likely N-dealkylation sites (N-methyl/N-ethyl adjacent to an activating group) is 2. The van der Waals surface area contributed by atoms with Gasteiger partial charge < -0.3 is 59.1 Å². The Kier molecular flexibility index (Phi) is 19.1. The second kappa shape index (κ2) is 26.6. The summed E-state index contributed by atoms with van der Waals surface area (Å²) in [6, 6.07) is 19.0. The number of methoxy groups -OCH3 is 2. The first-order chi connectivity index (χ1) is 36.6. The van der Waals surface area contributed by atoms with Crippen LogP contribution >= 0.6 is 15.9 Å². The highest BCUT2D eigenvalue weighted by Crippen LogP contribution is 2.32. The predicted octanol–water partition coefficient (Wildman–Crippen LogP) is 6.02. The minimum absolute atomic E-state index is 0.0236. The molecule has 4 fully saturated rings. The minimum atomic E-state index is 0.0236. The first-order valence-electron chi connectivity index (χ1n) is 24.7. The fraction of sp³-hybridized carbons (Fsp3) is 0.423. The lowest BCUT2D eigenvalue weighted by molar-refractivity contribution is 0.0251. The van der Waals surface area contributed by atoms with Gasteiger partial charge in [0.05, 0.1) is 86.9 Å². The van der Waals surface area contributed by atoms with Crippen molar-refractivity contribution in [2.45, 2.75) is 37.9 Å². The number of halogens is 1. The van der Waals surface area contributed by atoms with Crippen LogP contribution in [-0.4, -0.2) is 169 Å². The van der Waals surface area contributed by atoms with E-state index in [2.05, 4.69) is 113 Å². The lowest BCUT2D eigenvalue weighted by Crippen LogP contribution is -2.44. The number of pyridine rings is 4. The number of piperazine rings is 2. The number of nitrogen functional groups attached to an aromatic ring is 1. The number of hydrogen-bond donors (Lipinski definition) is 2. The maximum Gasteiger partial charge on any atom is 0.239 e. The van der Waals surface area contributed by atoms with E-state index in [1.165, 1.54) is 12.7 Å². The number of aromatic nitrogens is 8. The summed E-state index contributed by atoms with van der Waals surface area (Å²) in [5.41, 5.74) is 10.8. The van der Waals surface area contributed by atoms with Gasteiger partial charge in [-0.05, 0) is 66.4 Å². The van der Waals surface area contributed by atoms with Crippen molar-refractivity contribution in [1.82, 2.24) is 49.7 Å². The van der Waals surface area contributed by atoms with Crippen molar-refractivity contribution in [2.24, 2.45) is 0 Å². The van der Waals surface area contributed by atoms with E-state index in [9.17, 15) is 10.5 Å². The van der Waals surface area contributed by atoms with Crippen molar-refractivity contribution < 1.29 is 28.4 Å². The second-order valence-corrected chi connectivity index (χ2v) is 18.7. The quantitative estimate of drug-likeness (QED) is 0.133. The molecule has 0 saturated carbocycles. The molecule has 3 N–H and O–H groups in total. The van der Waals surface area contributed by atoms with Gasteiger partial charge in [-0.2, -0.15) is 15.5 Å². The highest BCUT2D eigenvalue weighted by atomic mass is 79.9. The van der Waals surface area contributed by atoms with Crippen molar-refractivity contribution in [2.75, 3.05) is 128 Å². The summed E-state index contributed by atoms with van der Waals surface area (Å²) in [7, 11) is 7.56. The molecule has 4 saturated heterocycles. The summed E-state index contributed by atoms with van der Waals surface area (Å²) in [4.78, 5) is 43.6. The summed E-state index contributed by atoms with van der Waals surface area (Å²) in [6.07, 6.45) is 9.26. The highest BCUT2D eigenvalue weighted by Gasteiger charge is 2.23. The number of nitrogens with zero attached hydrogens (tertiary/aromatic N) is 14. The van der Waals surface area contributed by atoms with E-state index in [0.717, 1.165) is 94.0 Å². The van der Waals surface area contributed by atoms with Crippen LogP contribution in [0, 0.1) is 22.7 Å². The third kappa shape index (κ3) is 14.8. The van der Waals surface area contributed by atoms with Crippen LogP contribution in [0.1, 0.15) is 36.8 Å². The van der Waals surface area contributed by atoms with Gasteiger partial charge in [0.1, 0.15) is 70.4 Å². The first kappa shape index (κ1) is 53.7. The fourth-order valence-corrected chi connectivity index (χ4v) is 8.77. The summed E-state index contributed by atoms with van der Waals surface area (Å²) in [5, 5.41) is 22.2. The zero-order chi connectivity index (χ0) is 52.5. The fourth-order valence-electron chi connectivity index (χ4n) is 8.47. The van der Waals surface area contributed by atoms with E-state index in [1.807, 2.05) is 18.2 Å². The number of nitrogens with two attached hydrogens (primary N) is 1. The molecule has 392 valence electrons. The largest absolute Gasteiger partial charge is 0.487 e. The number of anilines is 5. The van der Waals surface area contributed by atoms with Crippen LogP contribution in [0.5, 0.6) is 23.3 Å². The molecule has 0 atom stereocenters. The van der Waals surface area contributed by atoms with E-state index in [0.29, 0.717) is 101 Å². The molecule has 10 heterocycles. The van der Waals surface area contributed by atoms with Gasteiger partial charge in [-0.25, -0.2) is 24.9 Å². The van der Waals surface area contributed by atoms with Gasteiger partial charge in [0.2, 0.25) is 11.8 Å². The van der Waals surface area contributed by atoms with Crippen LogP contribution in [0.15, 0.2) is 78.2 Å². The Labute approximate surface area is 444 Å². The van der Waals surface area contributed by atoms with Gasteiger partial charge >= 0.3 is 0 Å². The Morgan fingerprint density at radius 3 is 1.55 bits per heavy atom. The predicted molar refractivity (Wildman–Crippen MR) is 285 cm³/mol. The second-order valence-electron chi connectivity index (χ2n) is 17.9. The van der Waals surface area contributed by atoms with Gasteiger partial charge in [0.15, 0.2) is 11.5 Å². The SMILES string of the molecule is COc1nc(Br)ccc1N1CCN(C)CC1.COc1nc(Nc2cc(-c3cc(C#N)c(OC4CCOCC4)cn3)ncn2)ccc1N1CCN(C)CC1.N#Cc1cc(-c2cc(N)ncn2)ncc1OC1CCOCC1. The Bertz CT molecular complexity index is 2920. The van der Waals surface area contributed by atoms with Crippen LogP contribution in [0.4, 0.5) is 28.8 Å². The van der Waals surface area contributed by atoms with Gasteiger partial charge in [0, 0.05) is 90.2 Å². The third-order valence-electron chi connectivity index (χ3n) is 12.8. The molecule has 10 rings (SSSR count). The molecule has 0 radical (unpaired) electrons. The molecular weight excluding hydrogens is 1020 g/mol. The standard InChI is InChI=1S/C26H30N8O3.C15H15N5O2.C11H16BrN3O/c1-33-7-9-34(10-8-33)22-3-4-24(32-26(22)35-2)31-25-14-21(29-17-30-25)20-13-18(15-27)23(16-28-20)37-19-5-11-36-12-6-19;16-7-10-5-12(13-6-15(17)20-9-19-13)18-8-14(10)22-11-1-3-21-4-2-11;1-14-5-7-15(8-6-14)9-3-4-10(12)13-11(9)16-2/h3-4,13-14,16-17,19H,5-12H2,1-2H3,(H,29,30,31,32);5-6,8-9,11H,1-4H2,(H2,17,19,20);3-4H,5-8H2,1-2H3. The third-order valence-corrected chi connectivity index (χ3v) is 13.2. The number of nitriles is 2. The van der Waals surface area contributed by atoms with Gasteiger partial charge in [-0.15, -0.1) is 0 Å².